The Labute approximate surface area is 219 Å². The van der Waals surface area contributed by atoms with E-state index in [1.807, 2.05) is 23.1 Å². The maximum absolute atomic E-state index is 13.8. The Balaban J connectivity index is 1.37. The minimum absolute atomic E-state index is 0.00352. The summed E-state index contributed by atoms with van der Waals surface area (Å²) in [6.45, 7) is 12.4. The molecule has 6 heteroatoms. The summed E-state index contributed by atoms with van der Waals surface area (Å²) in [5.74, 6) is 0.00352. The molecule has 0 atom stereocenters. The Bertz CT molecular complexity index is 1410. The standard InChI is InChI=1S/C31H35N5O/c1-23-12-14-25(15-13-23)26-21-27(36-29(32-26)22-28(33-36)31(2,3)4)30(37)35-19-17-34(18-20-35)16-8-11-24-9-6-5-7-10-24/h5-15,21-22H,16-20H2,1-4H3/b11-8+. The Morgan fingerprint density at radius 1 is 0.946 bits per heavy atom. The van der Waals surface area contributed by atoms with Crippen molar-refractivity contribution in [3.63, 3.8) is 0 Å². The number of hydrogen-bond acceptors (Lipinski definition) is 4. The lowest BCUT2D eigenvalue weighted by molar-refractivity contribution is 0.0641. The SMILES string of the molecule is Cc1ccc(-c2cc(C(=O)N3CCN(C/C=C/c4ccccc4)CC3)n3nc(C(C)(C)C)cc3n2)cc1. The van der Waals surface area contributed by atoms with Crippen LogP contribution in [-0.4, -0.2) is 63.0 Å². The lowest BCUT2D eigenvalue weighted by Gasteiger charge is -2.34. The number of carbonyl (C=O) groups is 1. The summed E-state index contributed by atoms with van der Waals surface area (Å²) < 4.78 is 1.73. The van der Waals surface area contributed by atoms with Gasteiger partial charge in [-0.15, -0.1) is 0 Å². The molecule has 0 aliphatic carbocycles. The van der Waals surface area contributed by atoms with E-state index in [-0.39, 0.29) is 11.3 Å². The topological polar surface area (TPSA) is 53.7 Å². The quantitative estimate of drug-likeness (QED) is 0.370. The van der Waals surface area contributed by atoms with Crippen LogP contribution in [0.15, 0.2) is 72.8 Å². The van der Waals surface area contributed by atoms with Crippen molar-refractivity contribution < 1.29 is 4.79 Å². The van der Waals surface area contributed by atoms with Gasteiger partial charge in [0, 0.05) is 49.8 Å². The van der Waals surface area contributed by atoms with Crippen molar-refractivity contribution in [3.05, 3.63) is 95.3 Å². The van der Waals surface area contributed by atoms with Gasteiger partial charge in [-0.05, 0) is 18.6 Å². The van der Waals surface area contributed by atoms with Crippen molar-refractivity contribution in [1.29, 1.82) is 0 Å². The fourth-order valence-corrected chi connectivity index (χ4v) is 4.56. The number of fused-ring (bicyclic) bond motifs is 1. The number of aryl methyl sites for hydroxylation is 1. The molecule has 2 aromatic carbocycles. The summed E-state index contributed by atoms with van der Waals surface area (Å²) in [6, 6.07) is 22.5. The molecule has 1 amide bonds. The van der Waals surface area contributed by atoms with E-state index in [0.29, 0.717) is 24.4 Å². The monoisotopic (exact) mass is 493 g/mol. The van der Waals surface area contributed by atoms with Gasteiger partial charge in [0.2, 0.25) is 0 Å². The Morgan fingerprint density at radius 3 is 2.32 bits per heavy atom. The van der Waals surface area contributed by atoms with Gasteiger partial charge in [-0.2, -0.15) is 5.10 Å². The van der Waals surface area contributed by atoms with Gasteiger partial charge in [-0.25, -0.2) is 9.50 Å². The van der Waals surface area contributed by atoms with Crippen LogP contribution in [0.2, 0.25) is 0 Å². The second-order valence-corrected chi connectivity index (χ2v) is 10.8. The molecule has 190 valence electrons. The molecule has 6 nitrogen and oxygen atoms in total. The van der Waals surface area contributed by atoms with Crippen LogP contribution in [0.1, 0.15) is 48.1 Å². The Hall–Kier alpha value is -3.77. The summed E-state index contributed by atoms with van der Waals surface area (Å²) >= 11 is 0. The first kappa shape index (κ1) is 24.9. The third kappa shape index (κ3) is 5.65. The number of piperazine rings is 1. The van der Waals surface area contributed by atoms with Gasteiger partial charge >= 0.3 is 0 Å². The third-order valence-electron chi connectivity index (χ3n) is 6.90. The minimum Gasteiger partial charge on any atom is -0.335 e. The summed E-state index contributed by atoms with van der Waals surface area (Å²) in [5.41, 5.74) is 6.23. The van der Waals surface area contributed by atoms with Gasteiger partial charge in [0.05, 0.1) is 11.4 Å². The first-order valence-electron chi connectivity index (χ1n) is 13.0. The van der Waals surface area contributed by atoms with Crippen molar-refractivity contribution in [2.75, 3.05) is 32.7 Å². The zero-order valence-electron chi connectivity index (χ0n) is 22.2. The van der Waals surface area contributed by atoms with E-state index in [4.69, 9.17) is 10.1 Å². The molecule has 0 saturated carbocycles. The van der Waals surface area contributed by atoms with Crippen molar-refractivity contribution >= 4 is 17.6 Å². The average Bonchev–Trinajstić information content (AvgIpc) is 3.34. The van der Waals surface area contributed by atoms with Crippen LogP contribution in [0.4, 0.5) is 0 Å². The molecule has 1 aliphatic rings. The Morgan fingerprint density at radius 2 is 1.65 bits per heavy atom. The molecule has 0 bridgehead atoms. The number of aromatic nitrogens is 3. The van der Waals surface area contributed by atoms with Crippen LogP contribution in [0.25, 0.3) is 23.0 Å². The number of benzene rings is 2. The molecule has 5 rings (SSSR count). The summed E-state index contributed by atoms with van der Waals surface area (Å²) in [7, 11) is 0. The highest BCUT2D eigenvalue weighted by Crippen LogP contribution is 2.26. The van der Waals surface area contributed by atoms with Crippen LogP contribution >= 0.6 is 0 Å². The van der Waals surface area contributed by atoms with Gasteiger partial charge < -0.3 is 4.90 Å². The predicted molar refractivity (Wildman–Crippen MR) is 150 cm³/mol. The largest absolute Gasteiger partial charge is 0.335 e. The van der Waals surface area contributed by atoms with Gasteiger partial charge in [-0.1, -0.05) is 93.1 Å². The molecule has 37 heavy (non-hydrogen) atoms. The predicted octanol–water partition coefficient (Wildman–Crippen LogP) is 5.47. The summed E-state index contributed by atoms with van der Waals surface area (Å²) in [6.07, 6.45) is 4.35. The highest BCUT2D eigenvalue weighted by molar-refractivity contribution is 5.94. The Kier molecular flexibility index (Phi) is 6.94. The van der Waals surface area contributed by atoms with Gasteiger partial charge in [0.1, 0.15) is 5.69 Å². The molecule has 0 radical (unpaired) electrons. The maximum atomic E-state index is 13.8. The average molecular weight is 494 g/mol. The van der Waals surface area contributed by atoms with Crippen LogP contribution in [0, 0.1) is 6.92 Å². The van der Waals surface area contributed by atoms with E-state index in [2.05, 4.69) is 93.3 Å². The number of amides is 1. The van der Waals surface area contributed by atoms with Crippen molar-refractivity contribution in [3.8, 4) is 11.3 Å². The van der Waals surface area contributed by atoms with E-state index in [1.165, 1.54) is 11.1 Å². The first-order valence-corrected chi connectivity index (χ1v) is 13.0. The fraction of sp³-hybridized carbons (Fsp3) is 0.323. The number of carbonyl (C=O) groups excluding carboxylic acids is 1. The summed E-state index contributed by atoms with van der Waals surface area (Å²) in [5, 5.41) is 4.82. The summed E-state index contributed by atoms with van der Waals surface area (Å²) in [4.78, 5) is 23.0. The molecular formula is C31H35N5O. The van der Waals surface area contributed by atoms with Crippen LogP contribution < -0.4 is 0 Å². The van der Waals surface area contributed by atoms with E-state index in [1.54, 1.807) is 4.52 Å². The molecule has 2 aromatic heterocycles. The number of hydrogen-bond donors (Lipinski definition) is 0. The molecule has 1 saturated heterocycles. The third-order valence-corrected chi connectivity index (χ3v) is 6.90. The zero-order chi connectivity index (χ0) is 26.0. The van der Waals surface area contributed by atoms with Crippen molar-refractivity contribution in [2.45, 2.75) is 33.1 Å². The van der Waals surface area contributed by atoms with Crippen molar-refractivity contribution in [1.82, 2.24) is 24.4 Å². The van der Waals surface area contributed by atoms with E-state index >= 15 is 0 Å². The number of nitrogens with zero attached hydrogens (tertiary/aromatic N) is 5. The molecule has 0 spiro atoms. The minimum atomic E-state index is -0.142. The lowest BCUT2D eigenvalue weighted by atomic mass is 9.93. The van der Waals surface area contributed by atoms with Gasteiger partial charge in [0.15, 0.2) is 5.65 Å². The molecule has 4 aromatic rings. The van der Waals surface area contributed by atoms with Crippen molar-refractivity contribution in [2.24, 2.45) is 0 Å². The molecular weight excluding hydrogens is 458 g/mol. The fourth-order valence-electron chi connectivity index (χ4n) is 4.56. The normalized spacial score (nSPS) is 15.1. The smallest absolute Gasteiger partial charge is 0.272 e. The maximum Gasteiger partial charge on any atom is 0.272 e. The highest BCUT2D eigenvalue weighted by atomic mass is 16.2. The lowest BCUT2D eigenvalue weighted by Crippen LogP contribution is -2.49. The first-order chi connectivity index (χ1) is 17.8. The van der Waals surface area contributed by atoms with Crippen LogP contribution in [-0.2, 0) is 5.41 Å². The van der Waals surface area contributed by atoms with Crippen LogP contribution in [0.5, 0.6) is 0 Å². The molecule has 1 aliphatic heterocycles. The number of rotatable bonds is 5. The van der Waals surface area contributed by atoms with Gasteiger partial charge in [0.25, 0.3) is 5.91 Å². The second-order valence-electron chi connectivity index (χ2n) is 10.8. The molecule has 0 N–H and O–H groups in total. The van der Waals surface area contributed by atoms with Gasteiger partial charge in [-0.3, -0.25) is 9.69 Å². The van der Waals surface area contributed by atoms with E-state index in [9.17, 15) is 4.79 Å². The molecule has 1 fully saturated rings. The molecule has 3 heterocycles. The zero-order valence-corrected chi connectivity index (χ0v) is 22.2. The van der Waals surface area contributed by atoms with Crippen LogP contribution in [0.3, 0.4) is 0 Å². The second kappa shape index (κ2) is 10.3. The highest BCUT2D eigenvalue weighted by Gasteiger charge is 2.26. The van der Waals surface area contributed by atoms with E-state index < -0.39 is 0 Å². The molecule has 0 unspecified atom stereocenters. The van der Waals surface area contributed by atoms with E-state index in [0.717, 1.165) is 36.6 Å².